The summed E-state index contributed by atoms with van der Waals surface area (Å²) < 4.78 is 15.5. The van der Waals surface area contributed by atoms with E-state index in [2.05, 4.69) is 19.2 Å². The summed E-state index contributed by atoms with van der Waals surface area (Å²) in [5.74, 6) is 0. The fourth-order valence-electron chi connectivity index (χ4n) is 1.03. The van der Waals surface area contributed by atoms with E-state index in [-0.39, 0.29) is 0 Å². The second-order valence-corrected chi connectivity index (χ2v) is 3.68. The van der Waals surface area contributed by atoms with Gasteiger partial charge in [0.1, 0.15) is 0 Å². The van der Waals surface area contributed by atoms with Crippen molar-refractivity contribution in [3.8, 4) is 0 Å². The highest BCUT2D eigenvalue weighted by atomic mass is 16.5. The molecule has 0 aromatic heterocycles. The van der Waals surface area contributed by atoms with E-state index >= 15 is 0 Å². The van der Waals surface area contributed by atoms with Gasteiger partial charge in [0.2, 0.25) is 0 Å². The molecular weight excluding hydrogens is 194 g/mol. The summed E-state index contributed by atoms with van der Waals surface area (Å²) in [6.07, 6.45) is 1.05. The topological polar surface area (TPSA) is 39.7 Å². The third-order valence-corrected chi connectivity index (χ3v) is 1.82. The van der Waals surface area contributed by atoms with E-state index in [9.17, 15) is 0 Å². The normalized spacial score (nSPS) is 11.2. The fraction of sp³-hybridized carbons (Fsp3) is 1.00. The van der Waals surface area contributed by atoms with Gasteiger partial charge < -0.3 is 19.5 Å². The van der Waals surface area contributed by atoms with Gasteiger partial charge in [-0.15, -0.1) is 0 Å². The molecule has 0 bridgehead atoms. The lowest BCUT2D eigenvalue weighted by Gasteiger charge is -2.08. The molecule has 0 amide bonds. The van der Waals surface area contributed by atoms with Crippen LogP contribution in [0.5, 0.6) is 0 Å². The van der Waals surface area contributed by atoms with Crippen molar-refractivity contribution < 1.29 is 14.2 Å². The Morgan fingerprint density at radius 2 is 1.53 bits per heavy atom. The number of hydrogen-bond donors (Lipinski definition) is 1. The Morgan fingerprint density at radius 3 is 2.13 bits per heavy atom. The van der Waals surface area contributed by atoms with E-state index in [1.165, 1.54) is 0 Å². The van der Waals surface area contributed by atoms with E-state index in [1.54, 1.807) is 7.11 Å². The minimum absolute atomic E-state index is 0.558. The molecule has 0 radical (unpaired) electrons. The first-order chi connectivity index (χ1) is 7.27. The van der Waals surface area contributed by atoms with Gasteiger partial charge in [0, 0.05) is 19.8 Å². The van der Waals surface area contributed by atoms with E-state index in [0.29, 0.717) is 32.5 Å². The van der Waals surface area contributed by atoms with Crippen LogP contribution in [-0.4, -0.2) is 52.7 Å². The monoisotopic (exact) mass is 219 g/mol. The fourth-order valence-corrected chi connectivity index (χ4v) is 1.03. The van der Waals surface area contributed by atoms with Crippen molar-refractivity contribution in [2.45, 2.75) is 26.3 Å². The summed E-state index contributed by atoms with van der Waals surface area (Å²) in [6, 6.07) is 0.558. The molecule has 0 aliphatic carbocycles. The quantitative estimate of drug-likeness (QED) is 0.527. The highest BCUT2D eigenvalue weighted by Crippen LogP contribution is 1.84. The number of ether oxygens (including phenoxy) is 3. The van der Waals surface area contributed by atoms with Crippen LogP contribution in [0.25, 0.3) is 0 Å². The molecule has 0 heterocycles. The zero-order valence-electron chi connectivity index (χ0n) is 10.3. The predicted octanol–water partition coefficient (Wildman–Crippen LogP) is 1.05. The second kappa shape index (κ2) is 11.9. The first kappa shape index (κ1) is 14.8. The molecule has 0 saturated carbocycles. The van der Waals surface area contributed by atoms with Crippen LogP contribution in [0.3, 0.4) is 0 Å². The molecule has 0 aliphatic heterocycles. The Balaban J connectivity index is 2.87. The minimum atomic E-state index is 0.558. The van der Waals surface area contributed by atoms with Gasteiger partial charge >= 0.3 is 0 Å². The summed E-state index contributed by atoms with van der Waals surface area (Å²) in [5, 5.41) is 3.34. The van der Waals surface area contributed by atoms with Crippen molar-refractivity contribution in [3.05, 3.63) is 0 Å². The first-order valence-electron chi connectivity index (χ1n) is 5.65. The molecule has 4 nitrogen and oxygen atoms in total. The van der Waals surface area contributed by atoms with Gasteiger partial charge in [-0.2, -0.15) is 0 Å². The zero-order chi connectivity index (χ0) is 11.4. The number of hydrogen-bond acceptors (Lipinski definition) is 4. The lowest BCUT2D eigenvalue weighted by Crippen LogP contribution is -2.24. The Kier molecular flexibility index (Phi) is 11.8. The summed E-state index contributed by atoms with van der Waals surface area (Å²) in [4.78, 5) is 0. The average Bonchev–Trinajstić information content (AvgIpc) is 2.20. The minimum Gasteiger partial charge on any atom is -0.382 e. The predicted molar refractivity (Wildman–Crippen MR) is 61.3 cm³/mol. The largest absolute Gasteiger partial charge is 0.382 e. The third-order valence-electron chi connectivity index (χ3n) is 1.82. The summed E-state index contributed by atoms with van der Waals surface area (Å²) in [7, 11) is 1.67. The van der Waals surface area contributed by atoms with Gasteiger partial charge in [0.25, 0.3) is 0 Å². The van der Waals surface area contributed by atoms with Crippen LogP contribution in [0.15, 0.2) is 0 Å². The van der Waals surface area contributed by atoms with E-state index < -0.39 is 0 Å². The van der Waals surface area contributed by atoms with Crippen LogP contribution in [0.1, 0.15) is 20.3 Å². The second-order valence-electron chi connectivity index (χ2n) is 3.68. The summed E-state index contributed by atoms with van der Waals surface area (Å²) in [6.45, 7) is 8.73. The molecule has 0 aromatic carbocycles. The van der Waals surface area contributed by atoms with E-state index in [0.717, 1.165) is 19.6 Å². The van der Waals surface area contributed by atoms with Crippen LogP contribution in [0.2, 0.25) is 0 Å². The standard InChI is InChI=1S/C11H25NO3/c1-11(2)12-5-4-6-14-9-10-15-8-7-13-3/h11-12H,4-10H2,1-3H3. The van der Waals surface area contributed by atoms with Gasteiger partial charge in [-0.1, -0.05) is 13.8 Å². The van der Waals surface area contributed by atoms with Crippen molar-refractivity contribution >= 4 is 0 Å². The lowest BCUT2D eigenvalue weighted by atomic mass is 10.3. The maximum atomic E-state index is 5.39. The lowest BCUT2D eigenvalue weighted by molar-refractivity contribution is 0.0243. The average molecular weight is 219 g/mol. The van der Waals surface area contributed by atoms with Crippen LogP contribution in [-0.2, 0) is 14.2 Å². The molecule has 0 atom stereocenters. The maximum Gasteiger partial charge on any atom is 0.0701 e. The van der Waals surface area contributed by atoms with Crippen molar-refractivity contribution in [1.29, 1.82) is 0 Å². The summed E-state index contributed by atoms with van der Waals surface area (Å²) in [5.41, 5.74) is 0. The zero-order valence-corrected chi connectivity index (χ0v) is 10.3. The van der Waals surface area contributed by atoms with Crippen LogP contribution >= 0.6 is 0 Å². The van der Waals surface area contributed by atoms with Gasteiger partial charge in [0.05, 0.1) is 26.4 Å². The molecule has 4 heteroatoms. The van der Waals surface area contributed by atoms with E-state index in [4.69, 9.17) is 14.2 Å². The molecule has 0 unspecified atom stereocenters. The molecule has 1 N–H and O–H groups in total. The maximum absolute atomic E-state index is 5.39. The van der Waals surface area contributed by atoms with Crippen LogP contribution in [0.4, 0.5) is 0 Å². The van der Waals surface area contributed by atoms with Crippen molar-refractivity contribution in [1.82, 2.24) is 5.32 Å². The highest BCUT2D eigenvalue weighted by molar-refractivity contribution is 4.51. The van der Waals surface area contributed by atoms with Gasteiger partial charge in [-0.05, 0) is 13.0 Å². The number of nitrogens with one attached hydrogen (secondary N) is 1. The Hall–Kier alpha value is -0.160. The van der Waals surface area contributed by atoms with Gasteiger partial charge in [-0.3, -0.25) is 0 Å². The molecule has 15 heavy (non-hydrogen) atoms. The molecule has 0 fully saturated rings. The molecule has 0 spiro atoms. The Morgan fingerprint density at radius 1 is 0.933 bits per heavy atom. The Bertz CT molecular complexity index is 120. The smallest absolute Gasteiger partial charge is 0.0701 e. The molecule has 0 rings (SSSR count). The van der Waals surface area contributed by atoms with Gasteiger partial charge in [0.15, 0.2) is 0 Å². The van der Waals surface area contributed by atoms with Crippen LogP contribution < -0.4 is 5.32 Å². The Labute approximate surface area is 93.3 Å². The van der Waals surface area contributed by atoms with E-state index in [1.807, 2.05) is 0 Å². The van der Waals surface area contributed by atoms with Crippen molar-refractivity contribution in [3.63, 3.8) is 0 Å². The van der Waals surface area contributed by atoms with Gasteiger partial charge in [-0.25, -0.2) is 0 Å². The molecule has 92 valence electrons. The highest BCUT2D eigenvalue weighted by Gasteiger charge is 1.92. The number of methoxy groups -OCH3 is 1. The SMILES string of the molecule is COCCOCCOCCCNC(C)C. The first-order valence-corrected chi connectivity index (χ1v) is 5.65. The summed E-state index contributed by atoms with van der Waals surface area (Å²) >= 11 is 0. The van der Waals surface area contributed by atoms with Crippen molar-refractivity contribution in [2.75, 3.05) is 46.7 Å². The number of rotatable bonds is 11. The molecule has 0 aromatic rings. The molecular formula is C11H25NO3. The third kappa shape index (κ3) is 13.8. The van der Waals surface area contributed by atoms with Crippen molar-refractivity contribution in [2.24, 2.45) is 0 Å². The molecule has 0 saturated heterocycles. The molecule has 0 aliphatic rings. The van der Waals surface area contributed by atoms with Crippen LogP contribution in [0, 0.1) is 0 Å².